The largest absolute Gasteiger partial charge is 0.493 e. The Hall–Kier alpha value is -5.01. The van der Waals surface area contributed by atoms with E-state index in [4.69, 9.17) is 28.9 Å². The predicted octanol–water partition coefficient (Wildman–Crippen LogP) is 4.27. The number of urea groups is 1. The van der Waals surface area contributed by atoms with Crippen LogP contribution >= 0.6 is 22.6 Å². The van der Waals surface area contributed by atoms with Crippen LogP contribution in [0.15, 0.2) is 71.0 Å². The molecule has 3 aromatic rings. The molecule has 0 aliphatic carbocycles. The number of ether oxygens (including phenoxy) is 5. The predicted molar refractivity (Wildman–Crippen MR) is 180 cm³/mol. The van der Waals surface area contributed by atoms with E-state index in [0.29, 0.717) is 58.6 Å². The van der Waals surface area contributed by atoms with E-state index in [0.717, 1.165) is 9.13 Å². The van der Waals surface area contributed by atoms with Gasteiger partial charge in [-0.1, -0.05) is 18.2 Å². The Balaban J connectivity index is 1.38. The lowest BCUT2D eigenvalue weighted by molar-refractivity contribution is -0.136. The van der Waals surface area contributed by atoms with Crippen molar-refractivity contribution in [3.05, 3.63) is 91.7 Å². The molecule has 1 aliphatic heterocycles. The highest BCUT2D eigenvalue weighted by atomic mass is 127. The lowest BCUT2D eigenvalue weighted by Crippen LogP contribution is -2.45. The Kier molecular flexibility index (Phi) is 12.3. The number of rotatable bonds is 14. The third kappa shape index (κ3) is 9.05. The van der Waals surface area contributed by atoms with Gasteiger partial charge < -0.3 is 39.4 Å². The van der Waals surface area contributed by atoms with Crippen LogP contribution in [0.3, 0.4) is 0 Å². The average Bonchev–Trinajstić information content (AvgIpc) is 3.06. The van der Waals surface area contributed by atoms with E-state index in [1.807, 2.05) is 25.1 Å². The molecule has 0 aromatic heterocycles. The molecule has 2 atom stereocenters. The molecule has 0 unspecified atom stereocenters. The van der Waals surface area contributed by atoms with Gasteiger partial charge in [0.25, 0.3) is 0 Å². The summed E-state index contributed by atoms with van der Waals surface area (Å²) in [6.45, 7) is 3.88. The molecule has 0 spiro atoms. The quantitative estimate of drug-likeness (QED) is 0.0612. The van der Waals surface area contributed by atoms with Gasteiger partial charge in [-0.15, -0.1) is 0 Å². The summed E-state index contributed by atoms with van der Waals surface area (Å²) in [5, 5.41) is 28.9. The number of amides is 2. The van der Waals surface area contributed by atoms with Crippen LogP contribution in [0.1, 0.15) is 42.1 Å². The first-order chi connectivity index (χ1) is 22.7. The molecule has 3 aromatic carbocycles. The van der Waals surface area contributed by atoms with Crippen molar-refractivity contribution < 1.29 is 38.4 Å². The molecule has 1 heterocycles. The molecular weight excluding hydrogens is 721 g/mol. The van der Waals surface area contributed by atoms with Gasteiger partial charge in [-0.05, 0) is 89.5 Å². The van der Waals surface area contributed by atoms with Crippen molar-refractivity contribution in [2.75, 3.05) is 27.4 Å². The first-order valence-electron chi connectivity index (χ1n) is 14.4. The van der Waals surface area contributed by atoms with Gasteiger partial charge in [0.2, 0.25) is 0 Å². The van der Waals surface area contributed by atoms with Crippen molar-refractivity contribution in [1.82, 2.24) is 16.1 Å². The molecule has 0 radical (unpaired) electrons. The molecule has 4 N–H and O–H groups in total. The van der Waals surface area contributed by atoms with Crippen LogP contribution < -0.4 is 35.0 Å². The van der Waals surface area contributed by atoms with Gasteiger partial charge in [-0.25, -0.2) is 9.59 Å². The van der Waals surface area contributed by atoms with Crippen molar-refractivity contribution in [1.29, 1.82) is 5.26 Å². The van der Waals surface area contributed by atoms with Crippen LogP contribution in [0.25, 0.3) is 0 Å². The number of nitrogens with zero attached hydrogens (tertiary/aromatic N) is 2. The fourth-order valence-corrected chi connectivity index (χ4v) is 5.39. The summed E-state index contributed by atoms with van der Waals surface area (Å²) in [4.78, 5) is 24.6. The number of carbonyl (C=O) groups excluding carboxylic acids is 2. The van der Waals surface area contributed by atoms with Crippen LogP contribution in [-0.2, 0) is 16.1 Å². The number of hydrogen-bond acceptors (Lipinski definition) is 11. The summed E-state index contributed by atoms with van der Waals surface area (Å²) >= 11 is 2.15. The summed E-state index contributed by atoms with van der Waals surface area (Å²) in [5.74, 6) is 1.21. The van der Waals surface area contributed by atoms with Gasteiger partial charge in [0.1, 0.15) is 13.2 Å². The minimum absolute atomic E-state index is 0.170. The SMILES string of the molecule is CCOc1cc([C@H]2NC(=O)NC(C)=C2C(=O)OC)ccc1OC[C@H](O)N/N=C/c1cc(I)c(OCc2ccc(C#N)cc2)c(OC)c1. The van der Waals surface area contributed by atoms with E-state index >= 15 is 0 Å². The highest BCUT2D eigenvalue weighted by molar-refractivity contribution is 14.1. The van der Waals surface area contributed by atoms with Crippen molar-refractivity contribution in [2.45, 2.75) is 32.7 Å². The van der Waals surface area contributed by atoms with Crippen LogP contribution in [0, 0.1) is 14.9 Å². The zero-order valence-electron chi connectivity index (χ0n) is 26.1. The van der Waals surface area contributed by atoms with E-state index in [-0.39, 0.29) is 12.2 Å². The van der Waals surface area contributed by atoms with Gasteiger partial charge in [0.05, 0.1) is 53.9 Å². The molecule has 47 heavy (non-hydrogen) atoms. The number of nitrogens with one attached hydrogen (secondary N) is 3. The fourth-order valence-electron chi connectivity index (χ4n) is 4.61. The number of methoxy groups -OCH3 is 2. The van der Waals surface area contributed by atoms with Gasteiger partial charge in [0.15, 0.2) is 29.2 Å². The van der Waals surface area contributed by atoms with E-state index in [1.54, 1.807) is 50.4 Å². The normalized spacial score (nSPS) is 14.8. The van der Waals surface area contributed by atoms with E-state index < -0.39 is 24.3 Å². The molecule has 0 fully saturated rings. The lowest BCUT2D eigenvalue weighted by atomic mass is 9.95. The van der Waals surface area contributed by atoms with Gasteiger partial charge in [-0.2, -0.15) is 10.4 Å². The number of nitriles is 1. The van der Waals surface area contributed by atoms with E-state index in [9.17, 15) is 14.7 Å². The maximum Gasteiger partial charge on any atom is 0.337 e. The number of carbonyl (C=O) groups is 2. The fraction of sp³-hybridized carbons (Fsp3) is 0.273. The van der Waals surface area contributed by atoms with Crippen molar-refractivity contribution >= 4 is 40.8 Å². The van der Waals surface area contributed by atoms with E-state index in [2.05, 4.69) is 49.8 Å². The average molecular weight is 756 g/mol. The number of benzene rings is 3. The van der Waals surface area contributed by atoms with Crippen molar-refractivity contribution in [3.63, 3.8) is 0 Å². The number of esters is 1. The van der Waals surface area contributed by atoms with E-state index in [1.165, 1.54) is 13.3 Å². The van der Waals surface area contributed by atoms with Gasteiger partial charge in [0, 0.05) is 5.70 Å². The first kappa shape index (κ1) is 34.9. The summed E-state index contributed by atoms with van der Waals surface area (Å²) in [5.41, 5.74) is 6.04. The first-order valence-corrected chi connectivity index (χ1v) is 15.5. The smallest absolute Gasteiger partial charge is 0.337 e. The molecule has 246 valence electrons. The summed E-state index contributed by atoms with van der Waals surface area (Å²) in [6.07, 6.45) is 0.358. The zero-order valence-corrected chi connectivity index (χ0v) is 28.3. The van der Waals surface area contributed by atoms with Crippen LogP contribution in [0.5, 0.6) is 23.0 Å². The Morgan fingerprint density at radius 1 is 1.11 bits per heavy atom. The maximum absolute atomic E-state index is 12.5. The molecule has 4 rings (SSSR count). The zero-order chi connectivity index (χ0) is 33.9. The standard InChI is InChI=1S/C33H34IN5O8/c1-5-45-26-14-23(30-29(32(41)44-4)19(2)37-33(42)38-30)10-11-25(26)46-18-28(40)39-36-16-22-12-24(34)31(27(13-22)43-3)47-17-21-8-6-20(15-35)7-9-21/h6-14,16,28,30,39-40H,5,17-18H2,1-4H3,(H2,37,38,42)/b36-16+/t28-,30+/m0/s1. The topological polar surface area (TPSA) is 173 Å². The number of halogens is 1. The molecule has 0 bridgehead atoms. The summed E-state index contributed by atoms with van der Waals surface area (Å²) in [7, 11) is 2.81. The number of aliphatic hydroxyl groups is 1. The third-order valence-corrected chi connectivity index (χ3v) is 7.63. The van der Waals surface area contributed by atoms with Crippen LogP contribution in [-0.4, -0.2) is 57.0 Å². The molecule has 1 aliphatic rings. The second-order valence-corrected chi connectivity index (χ2v) is 11.2. The molecule has 14 heteroatoms. The molecule has 0 saturated carbocycles. The molecule has 2 amide bonds. The lowest BCUT2D eigenvalue weighted by Gasteiger charge is -2.28. The second kappa shape index (κ2) is 16.5. The van der Waals surface area contributed by atoms with Crippen LogP contribution in [0.2, 0.25) is 0 Å². The second-order valence-electron chi connectivity index (χ2n) is 10.0. The van der Waals surface area contributed by atoms with Gasteiger partial charge >= 0.3 is 12.0 Å². The Morgan fingerprint density at radius 3 is 2.55 bits per heavy atom. The van der Waals surface area contributed by atoms with Gasteiger partial charge in [-0.3, -0.25) is 5.43 Å². The Labute approximate surface area is 285 Å². The summed E-state index contributed by atoms with van der Waals surface area (Å²) in [6, 6.07) is 16.6. The third-order valence-electron chi connectivity index (χ3n) is 6.83. The highest BCUT2D eigenvalue weighted by Crippen LogP contribution is 2.36. The Morgan fingerprint density at radius 2 is 1.87 bits per heavy atom. The minimum atomic E-state index is -1.17. The number of aliphatic hydroxyl groups excluding tert-OH is 1. The number of allylic oxidation sites excluding steroid dienone is 1. The monoisotopic (exact) mass is 755 g/mol. The number of hydrogen-bond donors (Lipinski definition) is 4. The molecule has 13 nitrogen and oxygen atoms in total. The maximum atomic E-state index is 12.5. The van der Waals surface area contributed by atoms with Crippen molar-refractivity contribution in [2.24, 2.45) is 5.10 Å². The minimum Gasteiger partial charge on any atom is -0.493 e. The van der Waals surface area contributed by atoms with Crippen LogP contribution in [0.4, 0.5) is 4.79 Å². The number of hydrazone groups is 1. The van der Waals surface area contributed by atoms with Crippen molar-refractivity contribution in [3.8, 4) is 29.1 Å². The summed E-state index contributed by atoms with van der Waals surface area (Å²) < 4.78 is 28.8. The molecular formula is C33H34IN5O8. The Bertz CT molecular complexity index is 1700. The highest BCUT2D eigenvalue weighted by Gasteiger charge is 2.32. The molecule has 0 saturated heterocycles.